The lowest BCUT2D eigenvalue weighted by molar-refractivity contribution is -0.143. The van der Waals surface area contributed by atoms with Gasteiger partial charge in [-0.15, -0.1) is 0 Å². The van der Waals surface area contributed by atoms with Crippen LogP contribution < -0.4 is 5.32 Å². The maximum Gasteiger partial charge on any atom is 0.305 e. The summed E-state index contributed by atoms with van der Waals surface area (Å²) in [7, 11) is 0. The Hall–Kier alpha value is -1.40. The molecular formula is C65H127NO5. The van der Waals surface area contributed by atoms with E-state index in [4.69, 9.17) is 4.74 Å². The summed E-state index contributed by atoms with van der Waals surface area (Å²) in [4.78, 5) is 24.5. The minimum Gasteiger partial charge on any atom is -0.466 e. The number of aliphatic hydroxyl groups excluding tert-OH is 2. The van der Waals surface area contributed by atoms with Gasteiger partial charge in [0, 0.05) is 12.8 Å². The average molecular weight is 1000 g/mol. The molecule has 1 amide bonds. The number of rotatable bonds is 61. The van der Waals surface area contributed by atoms with Gasteiger partial charge in [-0.2, -0.15) is 0 Å². The van der Waals surface area contributed by atoms with Gasteiger partial charge in [-0.25, -0.2) is 0 Å². The number of carbonyl (C=O) groups excluding carboxylic acids is 2. The van der Waals surface area contributed by atoms with Crippen LogP contribution >= 0.6 is 0 Å². The van der Waals surface area contributed by atoms with Crippen LogP contribution in [0.4, 0.5) is 0 Å². The highest BCUT2D eigenvalue weighted by molar-refractivity contribution is 5.76. The van der Waals surface area contributed by atoms with E-state index in [9.17, 15) is 19.8 Å². The van der Waals surface area contributed by atoms with Crippen LogP contribution in [-0.4, -0.2) is 47.4 Å². The van der Waals surface area contributed by atoms with Gasteiger partial charge in [-0.3, -0.25) is 9.59 Å². The van der Waals surface area contributed by atoms with Crippen molar-refractivity contribution in [3.63, 3.8) is 0 Å². The van der Waals surface area contributed by atoms with E-state index in [1.165, 1.54) is 295 Å². The molecule has 0 aliphatic carbocycles. The maximum atomic E-state index is 12.4. The molecule has 0 bridgehead atoms. The van der Waals surface area contributed by atoms with Crippen molar-refractivity contribution in [1.29, 1.82) is 0 Å². The Labute approximate surface area is 444 Å². The first-order valence-corrected chi connectivity index (χ1v) is 32.4. The second kappa shape index (κ2) is 61.1. The monoisotopic (exact) mass is 1000 g/mol. The number of ether oxygens (including phenoxy) is 1. The minimum absolute atomic E-state index is 0.0192. The summed E-state index contributed by atoms with van der Waals surface area (Å²) in [5, 5.41) is 23.2. The molecule has 0 aromatic carbocycles. The highest BCUT2D eigenvalue weighted by Gasteiger charge is 2.20. The topological polar surface area (TPSA) is 95.9 Å². The summed E-state index contributed by atoms with van der Waals surface area (Å²) in [6.07, 6.45) is 73.9. The van der Waals surface area contributed by atoms with E-state index >= 15 is 0 Å². The van der Waals surface area contributed by atoms with Crippen LogP contribution in [0.2, 0.25) is 0 Å². The van der Waals surface area contributed by atoms with E-state index in [-0.39, 0.29) is 18.5 Å². The molecule has 0 rings (SSSR count). The number of nitrogens with one attached hydrogen (secondary N) is 1. The van der Waals surface area contributed by atoms with Crippen molar-refractivity contribution in [1.82, 2.24) is 5.32 Å². The zero-order valence-electron chi connectivity index (χ0n) is 48.2. The van der Waals surface area contributed by atoms with E-state index in [1.807, 2.05) is 0 Å². The van der Waals surface area contributed by atoms with Crippen molar-refractivity contribution in [2.45, 2.75) is 379 Å². The molecule has 71 heavy (non-hydrogen) atoms. The van der Waals surface area contributed by atoms with Gasteiger partial charge in [0.15, 0.2) is 0 Å². The van der Waals surface area contributed by atoms with Gasteiger partial charge < -0.3 is 20.3 Å². The van der Waals surface area contributed by atoms with E-state index in [0.29, 0.717) is 25.9 Å². The molecule has 3 N–H and O–H groups in total. The van der Waals surface area contributed by atoms with Crippen molar-refractivity contribution in [3.8, 4) is 0 Å². The number of aliphatic hydroxyl groups is 2. The van der Waals surface area contributed by atoms with E-state index in [0.717, 1.165) is 38.5 Å². The number of unbranched alkanes of at least 4 members (excludes halogenated alkanes) is 48. The zero-order chi connectivity index (χ0) is 51.4. The van der Waals surface area contributed by atoms with Crippen molar-refractivity contribution >= 4 is 11.9 Å². The van der Waals surface area contributed by atoms with Crippen LogP contribution in [0.1, 0.15) is 367 Å². The van der Waals surface area contributed by atoms with E-state index in [1.54, 1.807) is 0 Å². The van der Waals surface area contributed by atoms with Crippen molar-refractivity contribution in [2.24, 2.45) is 0 Å². The maximum absolute atomic E-state index is 12.4. The van der Waals surface area contributed by atoms with Gasteiger partial charge in [-0.1, -0.05) is 315 Å². The lowest BCUT2D eigenvalue weighted by Gasteiger charge is -2.22. The molecule has 0 saturated carbocycles. The van der Waals surface area contributed by atoms with Crippen LogP contribution in [0.15, 0.2) is 12.2 Å². The Balaban J connectivity index is 3.33. The molecule has 0 aliphatic rings. The molecule has 2 unspecified atom stereocenters. The molecule has 6 heteroatoms. The fraction of sp³-hybridized carbons (Fsp3) is 0.938. The number of hydrogen-bond acceptors (Lipinski definition) is 5. The lowest BCUT2D eigenvalue weighted by Crippen LogP contribution is -2.45. The Kier molecular flexibility index (Phi) is 59.9. The number of allylic oxidation sites excluding steroid dienone is 2. The lowest BCUT2D eigenvalue weighted by atomic mass is 10.0. The van der Waals surface area contributed by atoms with Crippen molar-refractivity contribution < 1.29 is 24.5 Å². The smallest absolute Gasteiger partial charge is 0.305 e. The van der Waals surface area contributed by atoms with Crippen LogP contribution in [-0.2, 0) is 14.3 Å². The second-order valence-electron chi connectivity index (χ2n) is 22.5. The Morgan fingerprint density at radius 1 is 0.380 bits per heavy atom. The summed E-state index contributed by atoms with van der Waals surface area (Å²) >= 11 is 0. The second-order valence-corrected chi connectivity index (χ2v) is 22.5. The van der Waals surface area contributed by atoms with Gasteiger partial charge in [0.1, 0.15) is 0 Å². The number of amides is 1. The SMILES string of the molecule is CCCCCCCCCCCCCCCC(=O)OCCCCCCCCCCCCCC/C=C\CCCCCCCCCCCCCCCCC(=O)NC(CO)C(O)CCCCCCCCCCCCC. The van der Waals surface area contributed by atoms with Gasteiger partial charge in [0.2, 0.25) is 5.91 Å². The van der Waals surface area contributed by atoms with Crippen LogP contribution in [0, 0.1) is 0 Å². The number of esters is 1. The Bertz CT molecular complexity index is 1060. The summed E-state index contributed by atoms with van der Waals surface area (Å²) in [6, 6.07) is -0.538. The molecule has 0 fully saturated rings. The first-order chi connectivity index (χ1) is 35.0. The third-order valence-electron chi connectivity index (χ3n) is 15.3. The average Bonchev–Trinajstić information content (AvgIpc) is 3.37. The summed E-state index contributed by atoms with van der Waals surface area (Å²) in [5.74, 6) is -0.0135. The highest BCUT2D eigenvalue weighted by atomic mass is 16.5. The largest absolute Gasteiger partial charge is 0.466 e. The molecule has 0 spiro atoms. The molecule has 0 saturated heterocycles. The molecule has 0 heterocycles. The van der Waals surface area contributed by atoms with Gasteiger partial charge in [0.25, 0.3) is 0 Å². The predicted octanol–water partition coefficient (Wildman–Crippen LogP) is 20.4. The number of hydrogen-bond donors (Lipinski definition) is 3. The fourth-order valence-corrected chi connectivity index (χ4v) is 10.3. The van der Waals surface area contributed by atoms with Gasteiger partial charge >= 0.3 is 5.97 Å². The van der Waals surface area contributed by atoms with Crippen LogP contribution in [0.5, 0.6) is 0 Å². The van der Waals surface area contributed by atoms with Crippen LogP contribution in [0.25, 0.3) is 0 Å². The molecule has 422 valence electrons. The Morgan fingerprint density at radius 3 is 1.00 bits per heavy atom. The molecule has 0 aliphatic heterocycles. The minimum atomic E-state index is -0.661. The van der Waals surface area contributed by atoms with E-state index in [2.05, 4.69) is 31.3 Å². The molecule has 2 atom stereocenters. The van der Waals surface area contributed by atoms with Crippen molar-refractivity contribution in [2.75, 3.05) is 13.2 Å². The molecule has 0 radical (unpaired) electrons. The quantitative estimate of drug-likeness (QED) is 0.0320. The molecule has 0 aromatic rings. The zero-order valence-corrected chi connectivity index (χ0v) is 48.2. The first-order valence-electron chi connectivity index (χ1n) is 32.4. The summed E-state index contributed by atoms with van der Waals surface area (Å²) in [5.41, 5.74) is 0. The third-order valence-corrected chi connectivity index (χ3v) is 15.3. The van der Waals surface area contributed by atoms with Crippen molar-refractivity contribution in [3.05, 3.63) is 12.2 Å². The highest BCUT2D eigenvalue weighted by Crippen LogP contribution is 2.18. The summed E-state index contributed by atoms with van der Waals surface area (Å²) < 4.78 is 5.48. The first kappa shape index (κ1) is 69.6. The standard InChI is InChI=1S/C65H127NO5/c1-3-5-7-9-11-13-15-34-39-43-47-51-55-59-65(70)71-60-56-52-48-44-40-36-33-31-29-27-25-23-21-19-17-16-18-20-22-24-26-28-30-32-35-38-42-46-50-54-58-64(69)66-62(61-67)63(68)57-53-49-45-41-37-14-12-10-8-6-4-2/h17,19,62-63,67-68H,3-16,18,20-61H2,1-2H3,(H,66,69)/b19-17-. The van der Waals surface area contributed by atoms with Gasteiger partial charge in [0.05, 0.1) is 25.4 Å². The molecule has 0 aromatic heterocycles. The predicted molar refractivity (Wildman–Crippen MR) is 310 cm³/mol. The third kappa shape index (κ3) is 57.7. The normalized spacial score (nSPS) is 12.6. The van der Waals surface area contributed by atoms with Gasteiger partial charge in [-0.05, 0) is 51.4 Å². The number of carbonyl (C=O) groups is 2. The van der Waals surface area contributed by atoms with E-state index < -0.39 is 12.1 Å². The summed E-state index contributed by atoms with van der Waals surface area (Å²) in [6.45, 7) is 4.97. The fourth-order valence-electron chi connectivity index (χ4n) is 10.3. The molecule has 6 nitrogen and oxygen atoms in total. The Morgan fingerprint density at radius 2 is 0.662 bits per heavy atom. The van der Waals surface area contributed by atoms with Crippen LogP contribution in [0.3, 0.4) is 0 Å². The molecular weight excluding hydrogens is 875 g/mol.